The smallest absolute Gasteiger partial charge is 0.303 e. The van der Waals surface area contributed by atoms with Crippen LogP contribution in [0.3, 0.4) is 0 Å². The van der Waals surface area contributed by atoms with Gasteiger partial charge < -0.3 is 10.8 Å². The average molecular weight is 532 g/mol. The Morgan fingerprint density at radius 3 is 2.05 bits per heavy atom. The number of carboxylic acid groups (broad SMARTS) is 1. The van der Waals surface area contributed by atoms with Crippen LogP contribution in [0.5, 0.6) is 0 Å². The molecule has 0 aromatic heterocycles. The Labute approximate surface area is 224 Å². The SMILES string of the molecule is Cc1ccc(S(=O)(=O)OCc2ccccc2)cc1.Nc1cc(CCCCC(=O)O)ccc1-c1ccccc1. The van der Waals surface area contributed by atoms with E-state index >= 15 is 0 Å². The van der Waals surface area contributed by atoms with Gasteiger partial charge in [-0.05, 0) is 61.1 Å². The Morgan fingerprint density at radius 2 is 1.45 bits per heavy atom. The van der Waals surface area contributed by atoms with E-state index < -0.39 is 16.1 Å². The lowest BCUT2D eigenvalue weighted by Crippen LogP contribution is -2.06. The second-order valence-corrected chi connectivity index (χ2v) is 10.5. The van der Waals surface area contributed by atoms with Gasteiger partial charge in [0, 0.05) is 17.7 Å². The van der Waals surface area contributed by atoms with E-state index in [2.05, 4.69) is 6.07 Å². The van der Waals surface area contributed by atoms with E-state index in [4.69, 9.17) is 15.0 Å². The first-order valence-electron chi connectivity index (χ1n) is 12.4. The van der Waals surface area contributed by atoms with Gasteiger partial charge in [-0.2, -0.15) is 8.42 Å². The molecule has 198 valence electrons. The lowest BCUT2D eigenvalue weighted by Gasteiger charge is -2.08. The maximum Gasteiger partial charge on any atom is 0.303 e. The molecule has 0 saturated heterocycles. The van der Waals surface area contributed by atoms with E-state index in [0.29, 0.717) is 6.42 Å². The fourth-order valence-corrected chi connectivity index (χ4v) is 4.64. The molecule has 4 rings (SSSR count). The summed E-state index contributed by atoms with van der Waals surface area (Å²) in [5.41, 5.74) is 12.0. The van der Waals surface area contributed by atoms with Crippen LogP contribution in [-0.2, 0) is 32.1 Å². The van der Waals surface area contributed by atoms with Crippen molar-refractivity contribution in [1.82, 2.24) is 0 Å². The van der Waals surface area contributed by atoms with Gasteiger partial charge in [-0.1, -0.05) is 90.5 Å². The van der Waals surface area contributed by atoms with Crippen molar-refractivity contribution in [2.45, 2.75) is 44.1 Å². The molecule has 6 nitrogen and oxygen atoms in total. The van der Waals surface area contributed by atoms with E-state index in [1.807, 2.05) is 79.7 Å². The topological polar surface area (TPSA) is 107 Å². The molecule has 0 heterocycles. The summed E-state index contributed by atoms with van der Waals surface area (Å²) in [5, 5.41) is 8.60. The fourth-order valence-electron chi connectivity index (χ4n) is 3.75. The van der Waals surface area contributed by atoms with Gasteiger partial charge in [0.2, 0.25) is 0 Å². The summed E-state index contributed by atoms with van der Waals surface area (Å²) in [6, 6.07) is 32.0. The van der Waals surface area contributed by atoms with Crippen LogP contribution in [0, 0.1) is 6.92 Å². The lowest BCUT2D eigenvalue weighted by molar-refractivity contribution is -0.137. The molecule has 0 aliphatic heterocycles. The molecule has 4 aromatic rings. The van der Waals surface area contributed by atoms with Gasteiger partial charge in [0.15, 0.2) is 0 Å². The van der Waals surface area contributed by atoms with Crippen molar-refractivity contribution >= 4 is 21.8 Å². The number of aryl methyl sites for hydroxylation is 2. The quantitative estimate of drug-likeness (QED) is 0.135. The van der Waals surface area contributed by atoms with Gasteiger partial charge >= 0.3 is 5.97 Å². The number of carboxylic acids is 1. The Balaban J connectivity index is 0.000000212. The zero-order valence-electron chi connectivity index (χ0n) is 21.4. The molecule has 4 aromatic carbocycles. The first-order valence-corrected chi connectivity index (χ1v) is 13.8. The highest BCUT2D eigenvalue weighted by Gasteiger charge is 2.14. The summed E-state index contributed by atoms with van der Waals surface area (Å²) in [5.74, 6) is -0.732. The number of aliphatic carboxylic acids is 1. The summed E-state index contributed by atoms with van der Waals surface area (Å²) in [6.45, 7) is 1.96. The number of nitrogen functional groups attached to an aromatic ring is 1. The van der Waals surface area contributed by atoms with Crippen molar-refractivity contribution in [3.8, 4) is 11.1 Å². The highest BCUT2D eigenvalue weighted by molar-refractivity contribution is 7.86. The Hall–Kier alpha value is -3.94. The Kier molecular flexibility index (Phi) is 10.6. The number of anilines is 1. The van der Waals surface area contributed by atoms with Crippen LogP contribution < -0.4 is 5.73 Å². The molecular formula is C31H33NO5S. The molecule has 3 N–H and O–H groups in total. The van der Waals surface area contributed by atoms with E-state index in [-0.39, 0.29) is 17.9 Å². The molecule has 0 radical (unpaired) electrons. The number of nitrogens with two attached hydrogens (primary N) is 1. The van der Waals surface area contributed by atoms with E-state index in [9.17, 15) is 13.2 Å². The number of hydrogen-bond acceptors (Lipinski definition) is 5. The van der Waals surface area contributed by atoms with Crippen molar-refractivity contribution < 1.29 is 22.5 Å². The second kappa shape index (κ2) is 14.1. The summed E-state index contributed by atoms with van der Waals surface area (Å²) < 4.78 is 28.8. The average Bonchev–Trinajstić information content (AvgIpc) is 2.92. The predicted molar refractivity (Wildman–Crippen MR) is 151 cm³/mol. The first kappa shape index (κ1) is 28.6. The minimum atomic E-state index is -3.68. The molecule has 7 heteroatoms. The standard InChI is InChI=1S/C17H19NO2.C14H14O3S/c18-16-12-13(6-4-5-9-17(19)20)10-11-15(16)14-7-2-1-3-8-14;1-12-7-9-14(10-8-12)18(15,16)17-11-13-5-3-2-4-6-13/h1-3,7-8,10-12H,4-6,9,18H2,(H,19,20);2-10H,11H2,1H3. The Morgan fingerprint density at radius 1 is 0.816 bits per heavy atom. The molecule has 0 fully saturated rings. The fraction of sp³-hybridized carbons (Fsp3) is 0.194. The van der Waals surface area contributed by atoms with Crippen molar-refractivity contribution in [2.24, 2.45) is 0 Å². The molecule has 0 spiro atoms. The summed E-state index contributed by atoms with van der Waals surface area (Å²) in [7, 11) is -3.68. The third kappa shape index (κ3) is 9.18. The minimum Gasteiger partial charge on any atom is -0.481 e. The highest BCUT2D eigenvalue weighted by atomic mass is 32.2. The van der Waals surface area contributed by atoms with Crippen molar-refractivity contribution in [3.05, 3.63) is 120 Å². The van der Waals surface area contributed by atoms with Crippen LogP contribution in [0.1, 0.15) is 36.0 Å². The van der Waals surface area contributed by atoms with Crippen molar-refractivity contribution in [1.29, 1.82) is 0 Å². The van der Waals surface area contributed by atoms with Crippen LogP contribution >= 0.6 is 0 Å². The number of unbranched alkanes of at least 4 members (excludes halogenated alkanes) is 1. The van der Waals surface area contributed by atoms with E-state index in [1.54, 1.807) is 24.3 Å². The highest BCUT2D eigenvalue weighted by Crippen LogP contribution is 2.27. The zero-order chi connectivity index (χ0) is 27.4. The molecule has 0 aliphatic rings. The van der Waals surface area contributed by atoms with Crippen LogP contribution in [0.15, 0.2) is 108 Å². The number of hydrogen-bond donors (Lipinski definition) is 2. The first-order chi connectivity index (χ1) is 18.2. The predicted octanol–water partition coefficient (Wildman–Crippen LogP) is 6.63. The second-order valence-electron chi connectivity index (χ2n) is 8.90. The molecule has 0 saturated carbocycles. The minimum absolute atomic E-state index is 0.0526. The zero-order valence-corrected chi connectivity index (χ0v) is 22.2. The van der Waals surface area contributed by atoms with Gasteiger partial charge in [0.25, 0.3) is 10.1 Å². The van der Waals surface area contributed by atoms with Crippen LogP contribution in [-0.4, -0.2) is 19.5 Å². The van der Waals surface area contributed by atoms with Crippen LogP contribution in [0.2, 0.25) is 0 Å². The van der Waals surface area contributed by atoms with Gasteiger partial charge in [0.1, 0.15) is 0 Å². The summed E-state index contributed by atoms with van der Waals surface area (Å²) in [6.07, 6.45) is 2.68. The lowest BCUT2D eigenvalue weighted by atomic mass is 9.99. The summed E-state index contributed by atoms with van der Waals surface area (Å²) >= 11 is 0. The number of carbonyl (C=O) groups is 1. The molecule has 38 heavy (non-hydrogen) atoms. The molecule has 0 amide bonds. The number of rotatable bonds is 10. The maximum atomic E-state index is 11.9. The van der Waals surface area contributed by atoms with E-state index in [1.165, 1.54) is 0 Å². The van der Waals surface area contributed by atoms with Gasteiger partial charge in [-0.25, -0.2) is 0 Å². The van der Waals surface area contributed by atoms with Crippen LogP contribution in [0.25, 0.3) is 11.1 Å². The largest absolute Gasteiger partial charge is 0.481 e. The van der Waals surface area contributed by atoms with Gasteiger partial charge in [-0.15, -0.1) is 0 Å². The van der Waals surface area contributed by atoms with Crippen molar-refractivity contribution in [3.63, 3.8) is 0 Å². The monoisotopic (exact) mass is 531 g/mol. The number of benzene rings is 4. The third-order valence-electron chi connectivity index (χ3n) is 5.84. The molecule has 0 unspecified atom stereocenters. The van der Waals surface area contributed by atoms with Crippen LogP contribution in [0.4, 0.5) is 5.69 Å². The maximum absolute atomic E-state index is 11.9. The molecule has 0 atom stereocenters. The van der Waals surface area contributed by atoms with E-state index in [0.717, 1.165) is 46.3 Å². The van der Waals surface area contributed by atoms with Gasteiger partial charge in [-0.3, -0.25) is 8.98 Å². The third-order valence-corrected chi connectivity index (χ3v) is 7.12. The molecule has 0 bridgehead atoms. The normalized spacial score (nSPS) is 10.9. The Bertz CT molecular complexity index is 1400. The van der Waals surface area contributed by atoms with Crippen molar-refractivity contribution in [2.75, 3.05) is 5.73 Å². The molecule has 0 aliphatic carbocycles. The molecular weight excluding hydrogens is 498 g/mol. The van der Waals surface area contributed by atoms with Gasteiger partial charge in [0.05, 0.1) is 11.5 Å². The summed E-state index contributed by atoms with van der Waals surface area (Å²) in [4.78, 5) is 10.6.